The minimum absolute atomic E-state index is 0.258. The predicted molar refractivity (Wildman–Crippen MR) is 107 cm³/mol. The van der Waals surface area contributed by atoms with E-state index in [1.54, 1.807) is 11.9 Å². The highest BCUT2D eigenvalue weighted by Crippen LogP contribution is 2.45. The first kappa shape index (κ1) is 17.7. The molecule has 7 nitrogen and oxygen atoms in total. The van der Waals surface area contributed by atoms with Gasteiger partial charge in [-0.3, -0.25) is 0 Å². The molecule has 1 aliphatic rings. The number of nitrogens with zero attached hydrogens (tertiary/aromatic N) is 3. The normalized spacial score (nSPS) is 14.1. The monoisotopic (exact) mass is 409 g/mol. The average Bonchev–Trinajstić information content (AvgIpc) is 3.13. The molecule has 1 fully saturated rings. The topological polar surface area (TPSA) is 86.5 Å². The van der Waals surface area contributed by atoms with Gasteiger partial charge in [-0.15, -0.1) is 11.3 Å². The van der Waals surface area contributed by atoms with Crippen LogP contribution in [-0.4, -0.2) is 31.2 Å². The zero-order valence-corrected chi connectivity index (χ0v) is 16.8. The predicted octanol–water partition coefficient (Wildman–Crippen LogP) is 4.66. The zero-order valence-electron chi connectivity index (χ0n) is 14.4. The first-order valence-electron chi connectivity index (χ1n) is 8.20. The number of aromatic hydroxyl groups is 1. The van der Waals surface area contributed by atoms with Crippen molar-refractivity contribution in [2.45, 2.75) is 36.6 Å². The van der Waals surface area contributed by atoms with Gasteiger partial charge in [-0.2, -0.15) is 8.75 Å². The highest BCUT2D eigenvalue weighted by molar-refractivity contribution is 7.99. The van der Waals surface area contributed by atoms with Crippen molar-refractivity contribution in [1.29, 1.82) is 0 Å². The lowest BCUT2D eigenvalue weighted by atomic mass is 10.4. The Hall–Kier alpha value is -1.75. The Balaban J connectivity index is 1.41. The van der Waals surface area contributed by atoms with E-state index in [-0.39, 0.29) is 5.75 Å². The molecule has 0 radical (unpaired) electrons. The zero-order chi connectivity index (χ0) is 18.1. The SMILES string of the molecule is Cc1ccc(CNc2nsnc2Nc2csc(SN(C)C3CC3)c2O)o1. The van der Waals surface area contributed by atoms with Crippen LogP contribution < -0.4 is 10.6 Å². The van der Waals surface area contributed by atoms with Crippen molar-refractivity contribution in [1.82, 2.24) is 13.1 Å². The summed E-state index contributed by atoms with van der Waals surface area (Å²) < 4.78 is 17.2. The number of hydrogen-bond donors (Lipinski definition) is 3. The Labute approximate surface area is 163 Å². The molecule has 0 saturated heterocycles. The fraction of sp³-hybridized carbons (Fsp3) is 0.375. The molecule has 138 valence electrons. The van der Waals surface area contributed by atoms with Crippen molar-refractivity contribution in [2.75, 3.05) is 17.7 Å². The van der Waals surface area contributed by atoms with Gasteiger partial charge in [0.1, 0.15) is 15.7 Å². The number of thiophene rings is 1. The molecule has 0 spiro atoms. The summed E-state index contributed by atoms with van der Waals surface area (Å²) in [6, 6.07) is 4.48. The van der Waals surface area contributed by atoms with E-state index >= 15 is 0 Å². The second-order valence-electron chi connectivity index (χ2n) is 6.11. The maximum Gasteiger partial charge on any atom is 0.188 e. The second kappa shape index (κ2) is 7.47. The molecule has 0 amide bonds. The van der Waals surface area contributed by atoms with Crippen LogP contribution in [-0.2, 0) is 6.54 Å². The molecule has 3 aromatic heterocycles. The third-order valence-electron chi connectivity index (χ3n) is 3.99. The summed E-state index contributed by atoms with van der Waals surface area (Å²) in [5, 5.41) is 18.8. The van der Waals surface area contributed by atoms with E-state index in [2.05, 4.69) is 30.7 Å². The van der Waals surface area contributed by atoms with Gasteiger partial charge in [0.25, 0.3) is 0 Å². The van der Waals surface area contributed by atoms with Crippen LogP contribution in [0.1, 0.15) is 24.4 Å². The first-order valence-corrected chi connectivity index (χ1v) is 10.6. The van der Waals surface area contributed by atoms with Crippen molar-refractivity contribution in [3.63, 3.8) is 0 Å². The lowest BCUT2D eigenvalue weighted by Gasteiger charge is -2.12. The van der Waals surface area contributed by atoms with E-state index in [0.29, 0.717) is 29.9 Å². The fourth-order valence-corrected chi connectivity index (χ4v) is 4.99. The summed E-state index contributed by atoms with van der Waals surface area (Å²) in [6.07, 6.45) is 2.46. The van der Waals surface area contributed by atoms with E-state index < -0.39 is 0 Å². The van der Waals surface area contributed by atoms with E-state index in [1.807, 2.05) is 24.4 Å². The van der Waals surface area contributed by atoms with Crippen molar-refractivity contribution in [3.8, 4) is 5.75 Å². The van der Waals surface area contributed by atoms with Gasteiger partial charge in [0.2, 0.25) is 0 Å². The summed E-state index contributed by atoms with van der Waals surface area (Å²) in [4.78, 5) is 0. The van der Waals surface area contributed by atoms with Gasteiger partial charge in [0.15, 0.2) is 17.4 Å². The number of furan rings is 1. The molecule has 10 heteroatoms. The van der Waals surface area contributed by atoms with Crippen LogP contribution in [0.25, 0.3) is 0 Å². The van der Waals surface area contributed by atoms with Gasteiger partial charge in [0.05, 0.1) is 24.0 Å². The Morgan fingerprint density at radius 2 is 2.15 bits per heavy atom. The van der Waals surface area contributed by atoms with Crippen LogP contribution in [0, 0.1) is 6.92 Å². The average molecular weight is 410 g/mol. The Bertz CT molecular complexity index is 886. The van der Waals surface area contributed by atoms with E-state index in [1.165, 1.54) is 24.2 Å². The largest absolute Gasteiger partial charge is 0.504 e. The Morgan fingerprint density at radius 3 is 2.88 bits per heavy atom. The molecular weight excluding hydrogens is 390 g/mol. The quantitative estimate of drug-likeness (QED) is 0.463. The van der Waals surface area contributed by atoms with Gasteiger partial charge in [-0.25, -0.2) is 4.31 Å². The summed E-state index contributed by atoms with van der Waals surface area (Å²) in [5.41, 5.74) is 0.645. The summed E-state index contributed by atoms with van der Waals surface area (Å²) >= 11 is 4.22. The minimum Gasteiger partial charge on any atom is -0.504 e. The maximum absolute atomic E-state index is 10.5. The Kier molecular flexibility index (Phi) is 5.07. The van der Waals surface area contributed by atoms with Crippen molar-refractivity contribution < 1.29 is 9.52 Å². The third kappa shape index (κ3) is 3.98. The molecule has 0 bridgehead atoms. The molecular formula is C16H19N5O2S3. The van der Waals surface area contributed by atoms with Gasteiger partial charge in [-0.1, -0.05) is 0 Å². The Morgan fingerprint density at radius 1 is 1.35 bits per heavy atom. The first-order chi connectivity index (χ1) is 12.6. The third-order valence-corrected chi connectivity index (χ3v) is 6.73. The lowest BCUT2D eigenvalue weighted by molar-refractivity contribution is 0.467. The van der Waals surface area contributed by atoms with Crippen LogP contribution in [0.4, 0.5) is 17.3 Å². The summed E-state index contributed by atoms with van der Waals surface area (Å²) in [5.74, 6) is 3.20. The lowest BCUT2D eigenvalue weighted by Crippen LogP contribution is -2.10. The molecule has 3 heterocycles. The number of hydrogen-bond acceptors (Lipinski definition) is 10. The molecule has 3 N–H and O–H groups in total. The number of rotatable bonds is 8. The second-order valence-corrected chi connectivity index (χ2v) is 8.94. The summed E-state index contributed by atoms with van der Waals surface area (Å²) in [7, 11) is 2.07. The molecule has 1 aliphatic carbocycles. The van der Waals surface area contributed by atoms with Crippen LogP contribution in [0.5, 0.6) is 5.75 Å². The molecule has 1 saturated carbocycles. The van der Waals surface area contributed by atoms with Crippen LogP contribution in [0.15, 0.2) is 26.1 Å². The highest BCUT2D eigenvalue weighted by atomic mass is 32.2. The molecule has 0 atom stereocenters. The van der Waals surface area contributed by atoms with Crippen molar-refractivity contribution >= 4 is 52.3 Å². The molecule has 0 aromatic carbocycles. The molecule has 4 rings (SSSR count). The maximum atomic E-state index is 10.5. The number of anilines is 3. The highest BCUT2D eigenvalue weighted by Gasteiger charge is 2.28. The standard InChI is InChI=1S/C16H19N5O2S3/c1-9-3-6-11(23-9)7-17-14-15(20-26-19-14)18-12-8-24-16(13(12)22)25-21(2)10-4-5-10/h3,6,8,10,22H,4-5,7H2,1-2H3,(H,17,19)(H,18,20). The molecule has 3 aromatic rings. The van der Waals surface area contributed by atoms with Crippen molar-refractivity contribution in [3.05, 3.63) is 29.0 Å². The van der Waals surface area contributed by atoms with Crippen LogP contribution >= 0.6 is 35.0 Å². The van der Waals surface area contributed by atoms with Gasteiger partial charge in [0, 0.05) is 11.4 Å². The molecule has 0 unspecified atom stereocenters. The van der Waals surface area contributed by atoms with Crippen molar-refractivity contribution in [2.24, 2.45) is 0 Å². The smallest absolute Gasteiger partial charge is 0.188 e. The van der Waals surface area contributed by atoms with E-state index in [9.17, 15) is 5.11 Å². The number of nitrogens with one attached hydrogen (secondary N) is 2. The van der Waals surface area contributed by atoms with Gasteiger partial charge < -0.3 is 20.2 Å². The summed E-state index contributed by atoms with van der Waals surface area (Å²) in [6.45, 7) is 2.44. The van der Waals surface area contributed by atoms with E-state index in [4.69, 9.17) is 4.42 Å². The fourth-order valence-electron chi connectivity index (χ4n) is 2.40. The number of aryl methyl sites for hydroxylation is 1. The van der Waals surface area contributed by atoms with E-state index in [0.717, 1.165) is 27.5 Å². The van der Waals surface area contributed by atoms with Gasteiger partial charge in [-0.05, 0) is 50.9 Å². The van der Waals surface area contributed by atoms with Gasteiger partial charge >= 0.3 is 0 Å². The number of aromatic nitrogens is 2. The molecule has 26 heavy (non-hydrogen) atoms. The molecule has 0 aliphatic heterocycles. The van der Waals surface area contributed by atoms with Crippen LogP contribution in [0.2, 0.25) is 0 Å². The minimum atomic E-state index is 0.258. The van der Waals surface area contributed by atoms with Crippen LogP contribution in [0.3, 0.4) is 0 Å².